The van der Waals surface area contributed by atoms with E-state index in [0.717, 1.165) is 12.8 Å². The standard InChI is InChI=1S/C10H18O2/c1-9(2)6-4-5-10(9,3)8(12)7(6)11/h6-8,11-12H,4-5H2,1-3H3/t6-,7-,8-,10+/m1/s1. The Morgan fingerprint density at radius 2 is 1.75 bits per heavy atom. The number of aliphatic hydroxyl groups excluding tert-OH is 2. The Hall–Kier alpha value is -0.0800. The van der Waals surface area contributed by atoms with Gasteiger partial charge in [0.15, 0.2) is 0 Å². The molecule has 2 heteroatoms. The fourth-order valence-corrected chi connectivity index (χ4v) is 3.29. The molecule has 2 bridgehead atoms. The number of fused-ring (bicyclic) bond motifs is 2. The van der Waals surface area contributed by atoms with Gasteiger partial charge >= 0.3 is 0 Å². The van der Waals surface area contributed by atoms with Crippen LogP contribution in [0.5, 0.6) is 0 Å². The van der Waals surface area contributed by atoms with Gasteiger partial charge in [0.05, 0.1) is 12.2 Å². The molecular formula is C10H18O2. The van der Waals surface area contributed by atoms with Crippen molar-refractivity contribution < 1.29 is 10.2 Å². The molecule has 2 fully saturated rings. The lowest BCUT2D eigenvalue weighted by Crippen LogP contribution is -2.39. The van der Waals surface area contributed by atoms with E-state index in [2.05, 4.69) is 20.8 Å². The minimum Gasteiger partial charge on any atom is -0.390 e. The molecule has 2 N–H and O–H groups in total. The monoisotopic (exact) mass is 170 g/mol. The SMILES string of the molecule is CC1(C)[C@@H]2CC[C@@]1(C)[C@H](O)[C@@H]2O. The van der Waals surface area contributed by atoms with Gasteiger partial charge in [0.1, 0.15) is 0 Å². The van der Waals surface area contributed by atoms with Crippen LogP contribution >= 0.6 is 0 Å². The van der Waals surface area contributed by atoms with Crippen LogP contribution in [0.15, 0.2) is 0 Å². The van der Waals surface area contributed by atoms with Gasteiger partial charge in [-0.05, 0) is 24.2 Å². The highest BCUT2D eigenvalue weighted by Gasteiger charge is 2.65. The number of hydrogen-bond acceptors (Lipinski definition) is 2. The van der Waals surface area contributed by atoms with Crippen LogP contribution in [0.2, 0.25) is 0 Å². The molecular weight excluding hydrogens is 152 g/mol. The summed E-state index contributed by atoms with van der Waals surface area (Å²) in [7, 11) is 0. The average molecular weight is 170 g/mol. The van der Waals surface area contributed by atoms with E-state index < -0.39 is 12.2 Å². The quantitative estimate of drug-likeness (QED) is 0.573. The summed E-state index contributed by atoms with van der Waals surface area (Å²) in [5, 5.41) is 19.6. The normalized spacial score (nSPS) is 56.2. The molecule has 4 atom stereocenters. The second kappa shape index (κ2) is 2.05. The van der Waals surface area contributed by atoms with E-state index in [0.29, 0.717) is 5.92 Å². The van der Waals surface area contributed by atoms with E-state index in [4.69, 9.17) is 0 Å². The fourth-order valence-electron chi connectivity index (χ4n) is 3.29. The zero-order chi connectivity index (χ0) is 9.15. The lowest BCUT2D eigenvalue weighted by Gasteiger charge is -2.36. The molecule has 0 unspecified atom stereocenters. The first-order valence-corrected chi connectivity index (χ1v) is 4.77. The highest BCUT2D eigenvalue weighted by atomic mass is 16.3. The topological polar surface area (TPSA) is 40.5 Å². The smallest absolute Gasteiger partial charge is 0.0860 e. The lowest BCUT2D eigenvalue weighted by molar-refractivity contribution is -0.0508. The van der Waals surface area contributed by atoms with Gasteiger partial charge in [-0.3, -0.25) is 0 Å². The van der Waals surface area contributed by atoms with Crippen LogP contribution in [0.3, 0.4) is 0 Å². The lowest BCUT2D eigenvalue weighted by atomic mass is 9.70. The van der Waals surface area contributed by atoms with E-state index in [1.165, 1.54) is 0 Å². The first kappa shape index (κ1) is 8.52. The summed E-state index contributed by atoms with van der Waals surface area (Å²) >= 11 is 0. The molecule has 2 aliphatic rings. The average Bonchev–Trinajstić information content (AvgIpc) is 2.26. The maximum Gasteiger partial charge on any atom is 0.0860 e. The maximum atomic E-state index is 9.83. The van der Waals surface area contributed by atoms with Crippen LogP contribution in [-0.2, 0) is 0 Å². The van der Waals surface area contributed by atoms with Gasteiger partial charge in [-0.1, -0.05) is 20.8 Å². The molecule has 0 aromatic rings. The van der Waals surface area contributed by atoms with Crippen molar-refractivity contribution in [1.29, 1.82) is 0 Å². The summed E-state index contributed by atoms with van der Waals surface area (Å²) < 4.78 is 0. The van der Waals surface area contributed by atoms with Crippen LogP contribution in [0.25, 0.3) is 0 Å². The van der Waals surface area contributed by atoms with Crippen LogP contribution in [0.4, 0.5) is 0 Å². The number of aliphatic hydroxyl groups is 2. The summed E-state index contributed by atoms with van der Waals surface area (Å²) in [5.74, 6) is 0.303. The van der Waals surface area contributed by atoms with Crippen molar-refractivity contribution in [2.75, 3.05) is 0 Å². The van der Waals surface area contributed by atoms with Gasteiger partial charge in [0.25, 0.3) is 0 Å². The Balaban J connectivity index is 2.44. The second-order valence-electron chi connectivity index (χ2n) is 5.22. The van der Waals surface area contributed by atoms with Crippen molar-refractivity contribution in [3.63, 3.8) is 0 Å². The van der Waals surface area contributed by atoms with Gasteiger partial charge in [-0.2, -0.15) is 0 Å². The Labute approximate surface area is 73.6 Å². The molecule has 0 amide bonds. The van der Waals surface area contributed by atoms with Crippen molar-refractivity contribution in [2.24, 2.45) is 16.7 Å². The molecule has 2 rings (SSSR count). The van der Waals surface area contributed by atoms with E-state index in [1.54, 1.807) is 0 Å². The molecule has 2 aliphatic carbocycles. The van der Waals surface area contributed by atoms with Crippen LogP contribution < -0.4 is 0 Å². The fraction of sp³-hybridized carbons (Fsp3) is 1.00. The van der Waals surface area contributed by atoms with Gasteiger partial charge in [-0.25, -0.2) is 0 Å². The predicted octanol–water partition coefficient (Wildman–Crippen LogP) is 1.16. The van der Waals surface area contributed by atoms with Crippen molar-refractivity contribution in [3.05, 3.63) is 0 Å². The number of hydrogen-bond donors (Lipinski definition) is 2. The van der Waals surface area contributed by atoms with Gasteiger partial charge in [0, 0.05) is 5.41 Å². The third kappa shape index (κ3) is 0.647. The first-order valence-electron chi connectivity index (χ1n) is 4.77. The molecule has 12 heavy (non-hydrogen) atoms. The van der Waals surface area contributed by atoms with Crippen LogP contribution in [0, 0.1) is 16.7 Å². The van der Waals surface area contributed by atoms with Gasteiger partial charge < -0.3 is 10.2 Å². The van der Waals surface area contributed by atoms with E-state index in [1.807, 2.05) is 0 Å². The van der Waals surface area contributed by atoms with Crippen LogP contribution in [0.1, 0.15) is 33.6 Å². The Kier molecular flexibility index (Phi) is 1.45. The zero-order valence-corrected chi connectivity index (χ0v) is 8.04. The molecule has 0 radical (unpaired) electrons. The summed E-state index contributed by atoms with van der Waals surface area (Å²) in [6.45, 7) is 6.45. The molecule has 0 aliphatic heterocycles. The highest BCUT2D eigenvalue weighted by Crippen LogP contribution is 2.65. The molecule has 0 aromatic heterocycles. The molecule has 0 spiro atoms. The summed E-state index contributed by atoms with van der Waals surface area (Å²) in [6.07, 6.45) is 1.13. The zero-order valence-electron chi connectivity index (χ0n) is 8.04. The molecule has 70 valence electrons. The maximum absolute atomic E-state index is 9.83. The first-order chi connectivity index (χ1) is 5.41. The second-order valence-corrected chi connectivity index (χ2v) is 5.22. The van der Waals surface area contributed by atoms with Crippen molar-refractivity contribution >= 4 is 0 Å². The van der Waals surface area contributed by atoms with Crippen molar-refractivity contribution in [1.82, 2.24) is 0 Å². The summed E-state index contributed by atoms with van der Waals surface area (Å²) in [5.41, 5.74) is 0.0446. The Morgan fingerprint density at radius 3 is 2.00 bits per heavy atom. The molecule has 0 heterocycles. The van der Waals surface area contributed by atoms with Crippen LogP contribution in [-0.4, -0.2) is 22.4 Å². The Bertz CT molecular complexity index is 212. The summed E-state index contributed by atoms with van der Waals surface area (Å²) in [6, 6.07) is 0. The third-order valence-electron chi connectivity index (χ3n) is 4.76. The molecule has 0 aromatic carbocycles. The molecule has 2 nitrogen and oxygen atoms in total. The third-order valence-corrected chi connectivity index (χ3v) is 4.76. The van der Waals surface area contributed by atoms with Crippen molar-refractivity contribution in [2.45, 2.75) is 45.8 Å². The van der Waals surface area contributed by atoms with Crippen molar-refractivity contribution in [3.8, 4) is 0 Å². The molecule has 0 saturated heterocycles. The van der Waals surface area contributed by atoms with E-state index in [9.17, 15) is 10.2 Å². The number of rotatable bonds is 0. The largest absolute Gasteiger partial charge is 0.390 e. The summed E-state index contributed by atoms with van der Waals surface area (Å²) in [4.78, 5) is 0. The minimum atomic E-state index is -0.508. The van der Waals surface area contributed by atoms with Gasteiger partial charge in [0.2, 0.25) is 0 Å². The minimum absolute atomic E-state index is 0.0584. The van der Waals surface area contributed by atoms with E-state index in [-0.39, 0.29) is 10.8 Å². The van der Waals surface area contributed by atoms with E-state index >= 15 is 0 Å². The molecule has 2 saturated carbocycles. The Morgan fingerprint density at radius 1 is 1.17 bits per heavy atom. The highest BCUT2D eigenvalue weighted by molar-refractivity contribution is 5.14. The predicted molar refractivity (Wildman–Crippen MR) is 46.6 cm³/mol. The van der Waals surface area contributed by atoms with Gasteiger partial charge in [-0.15, -0.1) is 0 Å².